The van der Waals surface area contributed by atoms with Crippen LogP contribution < -0.4 is 11.1 Å². The van der Waals surface area contributed by atoms with Crippen molar-refractivity contribution in [3.05, 3.63) is 72.4 Å². The van der Waals surface area contributed by atoms with E-state index in [2.05, 4.69) is 10.3 Å². The molecule has 0 aliphatic heterocycles. The fourth-order valence-electron chi connectivity index (χ4n) is 4.54. The Morgan fingerprint density at radius 2 is 1.61 bits per heavy atom. The Labute approximate surface area is 223 Å². The number of benzene rings is 2. The second-order valence-electron chi connectivity index (χ2n) is 9.57. The summed E-state index contributed by atoms with van der Waals surface area (Å²) >= 11 is 0. The van der Waals surface area contributed by atoms with Crippen molar-refractivity contribution < 1.29 is 18.4 Å². The Balaban J connectivity index is 0.000000304. The van der Waals surface area contributed by atoms with Crippen LogP contribution in [-0.4, -0.2) is 41.2 Å². The van der Waals surface area contributed by atoms with E-state index in [1.807, 2.05) is 48.3 Å². The van der Waals surface area contributed by atoms with Crippen molar-refractivity contribution in [2.24, 2.45) is 5.73 Å². The molecular formula is C30H36F2N4O2. The average molecular weight is 523 g/mol. The third-order valence-corrected chi connectivity index (χ3v) is 6.75. The van der Waals surface area contributed by atoms with E-state index in [1.165, 1.54) is 39.0 Å². The number of nitrogens with zero attached hydrogens (tertiary/aromatic N) is 2. The minimum absolute atomic E-state index is 0.186. The van der Waals surface area contributed by atoms with Gasteiger partial charge in [0.2, 0.25) is 11.8 Å². The van der Waals surface area contributed by atoms with Crippen molar-refractivity contribution in [1.82, 2.24) is 9.88 Å². The molecular weight excluding hydrogens is 486 g/mol. The molecule has 1 atom stereocenters. The molecule has 1 heterocycles. The van der Waals surface area contributed by atoms with Gasteiger partial charge >= 0.3 is 0 Å². The number of nitrogens with one attached hydrogen (secondary N) is 1. The Hall–Kier alpha value is -3.65. The van der Waals surface area contributed by atoms with E-state index >= 15 is 0 Å². The van der Waals surface area contributed by atoms with E-state index in [0.29, 0.717) is 23.0 Å². The van der Waals surface area contributed by atoms with Crippen molar-refractivity contribution in [3.63, 3.8) is 0 Å². The lowest BCUT2D eigenvalue weighted by atomic mass is 9.94. The Morgan fingerprint density at radius 1 is 0.974 bits per heavy atom. The van der Waals surface area contributed by atoms with E-state index in [0.717, 1.165) is 16.7 Å². The number of carbonyl (C=O) groups is 2. The summed E-state index contributed by atoms with van der Waals surface area (Å²) < 4.78 is 25.6. The molecule has 2 amide bonds. The number of hydrogen-bond donors (Lipinski definition) is 2. The quantitative estimate of drug-likeness (QED) is 0.390. The van der Waals surface area contributed by atoms with Crippen molar-refractivity contribution in [1.29, 1.82) is 0 Å². The van der Waals surface area contributed by atoms with Gasteiger partial charge in [-0.15, -0.1) is 0 Å². The van der Waals surface area contributed by atoms with Crippen LogP contribution in [0.5, 0.6) is 0 Å². The first kappa shape index (κ1) is 28.9. The fourth-order valence-corrected chi connectivity index (χ4v) is 4.54. The van der Waals surface area contributed by atoms with Crippen LogP contribution in [-0.2, 0) is 9.59 Å². The Kier molecular flexibility index (Phi) is 10.5. The van der Waals surface area contributed by atoms with Crippen molar-refractivity contribution in [2.75, 3.05) is 12.4 Å². The van der Waals surface area contributed by atoms with Gasteiger partial charge in [0.25, 0.3) is 6.43 Å². The van der Waals surface area contributed by atoms with E-state index in [9.17, 15) is 18.4 Å². The fraction of sp³-hybridized carbons (Fsp3) is 0.367. The van der Waals surface area contributed by atoms with Gasteiger partial charge in [-0.05, 0) is 30.0 Å². The number of halogens is 2. The van der Waals surface area contributed by atoms with Crippen LogP contribution in [0, 0.1) is 0 Å². The number of pyridine rings is 1. The lowest BCUT2D eigenvalue weighted by molar-refractivity contribution is -0.130. The van der Waals surface area contributed by atoms with E-state index < -0.39 is 12.5 Å². The predicted octanol–water partition coefficient (Wildman–Crippen LogP) is 6.44. The predicted molar refractivity (Wildman–Crippen MR) is 148 cm³/mol. The summed E-state index contributed by atoms with van der Waals surface area (Å²) in [5.74, 6) is 0.0193. The molecule has 1 aliphatic carbocycles. The number of aromatic nitrogens is 1. The number of rotatable bonds is 6. The van der Waals surface area contributed by atoms with Crippen molar-refractivity contribution in [2.45, 2.75) is 64.5 Å². The molecule has 1 saturated carbocycles. The molecule has 202 valence electrons. The zero-order valence-electron chi connectivity index (χ0n) is 22.2. The number of alkyl halides is 2. The van der Waals surface area contributed by atoms with Crippen LogP contribution in [0.4, 0.5) is 14.5 Å². The Morgan fingerprint density at radius 3 is 2.16 bits per heavy atom. The maximum absolute atomic E-state index is 12.8. The molecule has 6 nitrogen and oxygen atoms in total. The molecule has 1 fully saturated rings. The SMILES string of the molecule is CC(=O)N(C)C1CCCCC1.CC(=O)Nc1cnc(-c2ccc(C(N)C(F)F)cc2)c(-c2ccccc2)c1. The van der Waals surface area contributed by atoms with Crippen molar-refractivity contribution >= 4 is 17.5 Å². The van der Waals surface area contributed by atoms with Gasteiger partial charge in [0.15, 0.2) is 0 Å². The van der Waals surface area contributed by atoms with Crippen LogP contribution in [0.3, 0.4) is 0 Å². The molecule has 2 aromatic carbocycles. The van der Waals surface area contributed by atoms with E-state index in [1.54, 1.807) is 37.4 Å². The monoisotopic (exact) mass is 522 g/mol. The zero-order valence-corrected chi connectivity index (χ0v) is 22.2. The maximum Gasteiger partial charge on any atom is 0.257 e. The maximum atomic E-state index is 12.8. The molecule has 0 saturated heterocycles. The first-order valence-electron chi connectivity index (χ1n) is 12.9. The molecule has 0 spiro atoms. The molecule has 1 aromatic heterocycles. The Bertz CT molecular complexity index is 1200. The summed E-state index contributed by atoms with van der Waals surface area (Å²) in [5.41, 5.74) is 9.68. The summed E-state index contributed by atoms with van der Waals surface area (Å²) in [6.07, 6.45) is 5.30. The second-order valence-corrected chi connectivity index (χ2v) is 9.57. The minimum Gasteiger partial charge on any atom is -0.343 e. The number of carbonyl (C=O) groups excluding carboxylic acids is 2. The van der Waals surface area contributed by atoms with Crippen LogP contribution in [0.25, 0.3) is 22.4 Å². The van der Waals surface area contributed by atoms with Gasteiger partial charge in [0.1, 0.15) is 0 Å². The van der Waals surface area contributed by atoms with E-state index in [-0.39, 0.29) is 11.8 Å². The normalized spacial score (nSPS) is 14.3. The standard InChI is InChI=1S/C21H19F2N3O.C9H17NO/c1-13(27)26-17-11-18(14-5-3-2-4-6-14)20(25-12-17)16-9-7-15(8-10-16)19(24)21(22)23;1-8(11)10(2)9-6-4-3-5-7-9/h2-12,19,21H,24H2,1H3,(H,26,27);9H,3-7H2,1-2H3. The summed E-state index contributed by atoms with van der Waals surface area (Å²) in [4.78, 5) is 28.7. The number of hydrogen-bond acceptors (Lipinski definition) is 4. The molecule has 3 aromatic rings. The largest absolute Gasteiger partial charge is 0.343 e. The zero-order chi connectivity index (χ0) is 27.7. The van der Waals surface area contributed by atoms with Gasteiger partial charge in [0, 0.05) is 38.1 Å². The highest BCUT2D eigenvalue weighted by atomic mass is 19.3. The highest BCUT2D eigenvalue weighted by Crippen LogP contribution is 2.33. The average Bonchev–Trinajstić information content (AvgIpc) is 2.93. The smallest absolute Gasteiger partial charge is 0.257 e. The van der Waals surface area contributed by atoms with Crippen LogP contribution >= 0.6 is 0 Å². The second kappa shape index (κ2) is 13.8. The third-order valence-electron chi connectivity index (χ3n) is 6.75. The highest BCUT2D eigenvalue weighted by molar-refractivity contribution is 5.91. The van der Waals surface area contributed by atoms with Gasteiger partial charge in [-0.1, -0.05) is 73.9 Å². The molecule has 0 bridgehead atoms. The lowest BCUT2D eigenvalue weighted by Gasteiger charge is -2.30. The van der Waals surface area contributed by atoms with Crippen LogP contribution in [0.2, 0.25) is 0 Å². The molecule has 1 unspecified atom stereocenters. The van der Waals surface area contributed by atoms with Gasteiger partial charge in [0.05, 0.1) is 23.6 Å². The molecule has 0 radical (unpaired) electrons. The first-order chi connectivity index (χ1) is 18.2. The minimum atomic E-state index is -2.62. The summed E-state index contributed by atoms with van der Waals surface area (Å²) in [5, 5.41) is 2.73. The van der Waals surface area contributed by atoms with Gasteiger partial charge < -0.3 is 16.0 Å². The molecule has 1 aliphatic rings. The highest BCUT2D eigenvalue weighted by Gasteiger charge is 2.19. The summed E-state index contributed by atoms with van der Waals surface area (Å²) in [6.45, 7) is 3.08. The molecule has 3 N–H and O–H groups in total. The molecule has 4 rings (SSSR count). The first-order valence-corrected chi connectivity index (χ1v) is 12.9. The van der Waals surface area contributed by atoms with Crippen LogP contribution in [0.15, 0.2) is 66.9 Å². The lowest BCUT2D eigenvalue weighted by Crippen LogP contribution is -2.36. The van der Waals surface area contributed by atoms with Gasteiger partial charge in [-0.25, -0.2) is 8.78 Å². The summed E-state index contributed by atoms with van der Waals surface area (Å²) in [6, 6.07) is 17.3. The third kappa shape index (κ3) is 7.92. The van der Waals surface area contributed by atoms with Crippen LogP contribution in [0.1, 0.15) is 57.6 Å². The van der Waals surface area contributed by atoms with Gasteiger partial charge in [-0.3, -0.25) is 14.6 Å². The summed E-state index contributed by atoms with van der Waals surface area (Å²) in [7, 11) is 1.92. The van der Waals surface area contributed by atoms with Crippen molar-refractivity contribution in [3.8, 4) is 22.4 Å². The van der Waals surface area contributed by atoms with E-state index in [4.69, 9.17) is 5.73 Å². The molecule has 8 heteroatoms. The van der Waals surface area contributed by atoms with Gasteiger partial charge in [-0.2, -0.15) is 0 Å². The molecule has 38 heavy (non-hydrogen) atoms. The topological polar surface area (TPSA) is 88.3 Å². The number of nitrogens with two attached hydrogens (primary N) is 1. The number of amides is 2. The number of anilines is 1.